The Labute approximate surface area is 262 Å². The molecule has 2 aliphatic heterocycles. The molecule has 1 saturated carbocycles. The molecule has 6 nitrogen and oxygen atoms in total. The summed E-state index contributed by atoms with van der Waals surface area (Å²) in [5.41, 5.74) is 4.16. The summed E-state index contributed by atoms with van der Waals surface area (Å²) < 4.78 is 6.47. The number of amides is 1. The number of carbonyl (C=O) groups is 1. The molecule has 5 rings (SSSR count). The van der Waals surface area contributed by atoms with E-state index in [0.717, 1.165) is 81.0 Å². The highest BCUT2D eigenvalue weighted by Crippen LogP contribution is 2.43. The zero-order valence-electron chi connectivity index (χ0n) is 25.5. The smallest absolute Gasteiger partial charge is 0.225 e. The highest BCUT2D eigenvalue weighted by Gasteiger charge is 2.38. The number of likely N-dealkylation sites (tertiary alicyclic amines) is 1. The minimum absolute atomic E-state index is 0.0122. The number of aliphatic hydroxyl groups is 2. The molecule has 1 amide bonds. The summed E-state index contributed by atoms with van der Waals surface area (Å²) in [5.74, 6) is 1.40. The van der Waals surface area contributed by atoms with E-state index in [1.54, 1.807) is 6.08 Å². The summed E-state index contributed by atoms with van der Waals surface area (Å²) in [5, 5.41) is 22.6. The summed E-state index contributed by atoms with van der Waals surface area (Å²) >= 11 is 6.40. The van der Waals surface area contributed by atoms with Crippen molar-refractivity contribution in [3.05, 3.63) is 83.4 Å². The van der Waals surface area contributed by atoms with Crippen molar-refractivity contribution in [2.24, 2.45) is 11.8 Å². The lowest BCUT2D eigenvalue weighted by molar-refractivity contribution is -0.134. The van der Waals surface area contributed by atoms with Crippen LogP contribution >= 0.6 is 11.6 Å². The van der Waals surface area contributed by atoms with E-state index in [2.05, 4.69) is 37.1 Å². The lowest BCUT2D eigenvalue weighted by atomic mass is 9.70. The number of carbonyl (C=O) groups excluding carboxylic acids is 1. The Morgan fingerprint density at radius 1 is 1.16 bits per heavy atom. The van der Waals surface area contributed by atoms with Gasteiger partial charge in [-0.05, 0) is 91.3 Å². The summed E-state index contributed by atoms with van der Waals surface area (Å²) in [6.45, 7) is 12.6. The summed E-state index contributed by atoms with van der Waals surface area (Å²) in [7, 11) is 0. The monoisotopic (exact) mass is 606 g/mol. The number of hydrogen-bond acceptors (Lipinski definition) is 5. The van der Waals surface area contributed by atoms with Crippen LogP contribution in [0, 0.1) is 11.8 Å². The maximum absolute atomic E-state index is 13.2. The van der Waals surface area contributed by atoms with Crippen LogP contribution in [-0.4, -0.2) is 59.4 Å². The molecule has 0 bridgehead atoms. The fourth-order valence-corrected chi connectivity index (χ4v) is 7.46. The first kappa shape index (κ1) is 31.6. The predicted octanol–water partition coefficient (Wildman–Crippen LogP) is 6.84. The molecule has 0 radical (unpaired) electrons. The van der Waals surface area contributed by atoms with Gasteiger partial charge in [0.2, 0.25) is 5.91 Å². The third-order valence-electron chi connectivity index (χ3n) is 9.77. The SMILES string of the molecule is C=CCC1CCCN1C(=O)CC(O)c1ccc2c(c1)N(CC1CCC1C(O)C=C)CC(c1ccc(Cl)cc1CCC)CO2. The van der Waals surface area contributed by atoms with Crippen LogP contribution < -0.4 is 9.64 Å². The molecular formula is C36H47ClN2O4. The fourth-order valence-electron chi connectivity index (χ4n) is 7.27. The molecular weight excluding hydrogens is 560 g/mol. The number of aryl methyl sites for hydroxylation is 1. The molecule has 1 aliphatic carbocycles. The molecule has 2 aromatic carbocycles. The van der Waals surface area contributed by atoms with Gasteiger partial charge in [-0.15, -0.1) is 13.2 Å². The van der Waals surface area contributed by atoms with Crippen molar-refractivity contribution in [1.29, 1.82) is 0 Å². The molecule has 43 heavy (non-hydrogen) atoms. The van der Waals surface area contributed by atoms with Crippen molar-refractivity contribution in [1.82, 2.24) is 4.90 Å². The van der Waals surface area contributed by atoms with E-state index in [-0.39, 0.29) is 30.2 Å². The van der Waals surface area contributed by atoms with Gasteiger partial charge in [-0.2, -0.15) is 0 Å². The van der Waals surface area contributed by atoms with Crippen molar-refractivity contribution in [2.75, 3.05) is 31.1 Å². The molecule has 2 fully saturated rings. The summed E-state index contributed by atoms with van der Waals surface area (Å²) in [6, 6.07) is 12.2. The van der Waals surface area contributed by atoms with Gasteiger partial charge in [0.1, 0.15) is 5.75 Å². The summed E-state index contributed by atoms with van der Waals surface area (Å²) in [4.78, 5) is 17.5. The predicted molar refractivity (Wildman–Crippen MR) is 174 cm³/mol. The second-order valence-electron chi connectivity index (χ2n) is 12.6. The highest BCUT2D eigenvalue weighted by atomic mass is 35.5. The van der Waals surface area contributed by atoms with Gasteiger partial charge < -0.3 is 24.7 Å². The van der Waals surface area contributed by atoms with E-state index in [4.69, 9.17) is 16.3 Å². The molecule has 6 atom stereocenters. The molecule has 6 unspecified atom stereocenters. The van der Waals surface area contributed by atoms with Crippen molar-refractivity contribution < 1.29 is 19.7 Å². The van der Waals surface area contributed by atoms with E-state index in [1.165, 1.54) is 11.1 Å². The number of anilines is 1. The highest BCUT2D eigenvalue weighted by molar-refractivity contribution is 6.30. The Hall–Kier alpha value is -2.80. The molecule has 232 valence electrons. The maximum Gasteiger partial charge on any atom is 0.225 e. The van der Waals surface area contributed by atoms with E-state index in [1.807, 2.05) is 35.2 Å². The Morgan fingerprint density at radius 2 is 2.00 bits per heavy atom. The lowest BCUT2D eigenvalue weighted by Crippen LogP contribution is -2.43. The Bertz CT molecular complexity index is 1300. The average molecular weight is 607 g/mol. The van der Waals surface area contributed by atoms with Gasteiger partial charge in [0.05, 0.1) is 30.9 Å². The van der Waals surface area contributed by atoms with Gasteiger partial charge in [-0.25, -0.2) is 0 Å². The number of rotatable bonds is 12. The van der Waals surface area contributed by atoms with Crippen molar-refractivity contribution in [3.63, 3.8) is 0 Å². The van der Waals surface area contributed by atoms with Gasteiger partial charge in [-0.3, -0.25) is 4.79 Å². The van der Waals surface area contributed by atoms with Crippen molar-refractivity contribution >= 4 is 23.2 Å². The first-order valence-electron chi connectivity index (χ1n) is 16.0. The van der Waals surface area contributed by atoms with Gasteiger partial charge in [-0.1, -0.05) is 49.2 Å². The number of halogens is 1. The third-order valence-corrected chi connectivity index (χ3v) is 10.0. The Morgan fingerprint density at radius 3 is 2.72 bits per heavy atom. The quantitative estimate of drug-likeness (QED) is 0.259. The number of hydrogen-bond donors (Lipinski definition) is 2. The van der Waals surface area contributed by atoms with Crippen LogP contribution in [0.3, 0.4) is 0 Å². The van der Waals surface area contributed by atoms with Crippen LogP contribution in [0.1, 0.15) is 80.6 Å². The maximum atomic E-state index is 13.2. The third kappa shape index (κ3) is 7.13. The van der Waals surface area contributed by atoms with E-state index < -0.39 is 12.2 Å². The van der Waals surface area contributed by atoms with Gasteiger partial charge in [0, 0.05) is 36.6 Å². The second-order valence-corrected chi connectivity index (χ2v) is 13.0. The zero-order chi connectivity index (χ0) is 30.5. The van der Waals surface area contributed by atoms with Crippen LogP contribution in [0.5, 0.6) is 5.75 Å². The van der Waals surface area contributed by atoms with Gasteiger partial charge >= 0.3 is 0 Å². The van der Waals surface area contributed by atoms with Crippen LogP contribution in [0.2, 0.25) is 5.02 Å². The average Bonchev–Trinajstić information content (AvgIpc) is 3.37. The normalized spacial score (nSPS) is 24.7. The lowest BCUT2D eigenvalue weighted by Gasteiger charge is -2.42. The molecule has 3 aliphatic rings. The topological polar surface area (TPSA) is 73.2 Å². The minimum Gasteiger partial charge on any atom is -0.491 e. The standard InChI is InChI=1S/C36H47ClN2O4/c1-4-8-24-18-28(37)13-15-30(24)27-22-38(21-26-11-14-31(26)33(40)6-3)32-19-25(12-16-35(32)43-23-27)34(41)20-36(42)39-17-7-10-29(39)9-5-2/h5-6,12-13,15-16,18-19,26-27,29,31,33-34,40-41H,2-4,7-11,14,17,20-23H2,1H3. The first-order valence-corrected chi connectivity index (χ1v) is 16.4. The number of benzene rings is 2. The molecule has 2 heterocycles. The molecule has 1 saturated heterocycles. The minimum atomic E-state index is -0.907. The second kappa shape index (κ2) is 14.3. The van der Waals surface area contributed by atoms with Gasteiger partial charge in [0.25, 0.3) is 0 Å². The zero-order valence-corrected chi connectivity index (χ0v) is 26.2. The van der Waals surface area contributed by atoms with E-state index in [9.17, 15) is 15.0 Å². The summed E-state index contributed by atoms with van der Waals surface area (Å²) in [6.07, 6.45) is 8.92. The van der Waals surface area contributed by atoms with Crippen LogP contribution in [0.15, 0.2) is 61.7 Å². The molecule has 2 N–H and O–H groups in total. The van der Waals surface area contributed by atoms with E-state index in [0.29, 0.717) is 18.1 Å². The van der Waals surface area contributed by atoms with Crippen LogP contribution in [0.25, 0.3) is 0 Å². The van der Waals surface area contributed by atoms with Crippen molar-refractivity contribution in [2.45, 2.75) is 82.5 Å². The molecule has 0 aromatic heterocycles. The number of aliphatic hydroxyl groups excluding tert-OH is 2. The first-order chi connectivity index (χ1) is 20.8. The van der Waals surface area contributed by atoms with E-state index >= 15 is 0 Å². The van der Waals surface area contributed by atoms with Crippen LogP contribution in [0.4, 0.5) is 5.69 Å². The number of fused-ring (bicyclic) bond motifs is 1. The number of nitrogens with zero attached hydrogens (tertiary/aromatic N) is 2. The Balaban J connectivity index is 1.41. The number of ether oxygens (including phenoxy) is 1. The molecule has 0 spiro atoms. The van der Waals surface area contributed by atoms with Gasteiger partial charge in [0.15, 0.2) is 0 Å². The Kier molecular flexibility index (Phi) is 10.5. The van der Waals surface area contributed by atoms with Crippen LogP contribution in [-0.2, 0) is 11.2 Å². The van der Waals surface area contributed by atoms with Crippen molar-refractivity contribution in [3.8, 4) is 5.75 Å². The molecule has 2 aromatic rings. The fraction of sp³-hybridized carbons (Fsp3) is 0.528. The largest absolute Gasteiger partial charge is 0.491 e. The molecule has 7 heteroatoms.